The second-order valence-electron chi connectivity index (χ2n) is 4.13. The third-order valence-corrected chi connectivity index (χ3v) is 4.21. The zero-order chi connectivity index (χ0) is 14.1. The largest absolute Gasteiger partial charge is 0.372 e. The number of benzene rings is 1. The fourth-order valence-corrected chi connectivity index (χ4v) is 2.83. The lowest BCUT2D eigenvalue weighted by Gasteiger charge is -2.08. The molecule has 100 valence electrons. The van der Waals surface area contributed by atoms with E-state index in [9.17, 15) is 0 Å². The summed E-state index contributed by atoms with van der Waals surface area (Å²) < 4.78 is 1.84. The quantitative estimate of drug-likeness (QED) is 0.706. The van der Waals surface area contributed by atoms with Gasteiger partial charge in [-0.1, -0.05) is 22.0 Å². The standard InChI is InChI=1S/C14H10Br2N4/c1-17-14-11(16)7-19-13(20-14)9-4-5-10(15)8-3-2-6-18-12(8)9/h2-7H,1H3,(H,17,19,20). The number of pyridine rings is 1. The predicted molar refractivity (Wildman–Crippen MR) is 87.7 cm³/mol. The number of hydrogen-bond acceptors (Lipinski definition) is 4. The number of fused-ring (bicyclic) bond motifs is 1. The van der Waals surface area contributed by atoms with Crippen LogP contribution in [-0.2, 0) is 0 Å². The molecular weight excluding hydrogens is 384 g/mol. The molecule has 1 N–H and O–H groups in total. The minimum absolute atomic E-state index is 0.647. The van der Waals surface area contributed by atoms with Crippen LogP contribution in [0.15, 0.2) is 45.6 Å². The molecule has 0 fully saturated rings. The molecule has 0 radical (unpaired) electrons. The van der Waals surface area contributed by atoms with Gasteiger partial charge in [0.25, 0.3) is 0 Å². The van der Waals surface area contributed by atoms with E-state index in [4.69, 9.17) is 0 Å². The lowest BCUT2D eigenvalue weighted by Crippen LogP contribution is -1.98. The Hall–Kier alpha value is -1.53. The zero-order valence-electron chi connectivity index (χ0n) is 10.6. The average Bonchev–Trinajstić information content (AvgIpc) is 2.49. The number of nitrogens with zero attached hydrogens (tertiary/aromatic N) is 3. The Morgan fingerprint density at radius 2 is 1.90 bits per heavy atom. The third kappa shape index (κ3) is 2.29. The van der Waals surface area contributed by atoms with Gasteiger partial charge in [-0.25, -0.2) is 9.97 Å². The molecule has 1 aromatic carbocycles. The van der Waals surface area contributed by atoms with Crippen molar-refractivity contribution in [2.75, 3.05) is 12.4 Å². The minimum Gasteiger partial charge on any atom is -0.372 e. The highest BCUT2D eigenvalue weighted by molar-refractivity contribution is 9.11. The maximum atomic E-state index is 4.52. The predicted octanol–water partition coefficient (Wildman–Crippen LogP) is 4.26. The molecule has 4 nitrogen and oxygen atoms in total. The van der Waals surface area contributed by atoms with E-state index in [1.165, 1.54) is 0 Å². The number of rotatable bonds is 2. The van der Waals surface area contributed by atoms with Crippen molar-refractivity contribution in [1.29, 1.82) is 0 Å². The molecule has 0 atom stereocenters. The van der Waals surface area contributed by atoms with Crippen molar-refractivity contribution in [3.63, 3.8) is 0 Å². The van der Waals surface area contributed by atoms with E-state index in [2.05, 4.69) is 52.1 Å². The van der Waals surface area contributed by atoms with Crippen molar-refractivity contribution in [2.24, 2.45) is 0 Å². The molecule has 0 aliphatic rings. The van der Waals surface area contributed by atoms with E-state index in [1.54, 1.807) is 12.4 Å². The highest BCUT2D eigenvalue weighted by Crippen LogP contribution is 2.31. The lowest BCUT2D eigenvalue weighted by atomic mass is 10.1. The Balaban J connectivity index is 2.27. The monoisotopic (exact) mass is 392 g/mol. The molecule has 3 rings (SSSR count). The summed E-state index contributed by atoms with van der Waals surface area (Å²) in [6.45, 7) is 0. The van der Waals surface area contributed by atoms with Crippen molar-refractivity contribution in [3.05, 3.63) is 45.6 Å². The maximum Gasteiger partial charge on any atom is 0.163 e. The van der Waals surface area contributed by atoms with Gasteiger partial charge in [0.15, 0.2) is 5.82 Å². The Labute approximate surface area is 132 Å². The van der Waals surface area contributed by atoms with Crippen LogP contribution in [0, 0.1) is 0 Å². The fraction of sp³-hybridized carbons (Fsp3) is 0.0714. The molecule has 6 heteroatoms. The van der Waals surface area contributed by atoms with Gasteiger partial charge in [0.2, 0.25) is 0 Å². The molecular formula is C14H10Br2N4. The van der Waals surface area contributed by atoms with Crippen LogP contribution in [0.4, 0.5) is 5.82 Å². The molecule has 0 saturated heterocycles. The number of hydrogen-bond donors (Lipinski definition) is 1. The van der Waals surface area contributed by atoms with E-state index in [0.29, 0.717) is 5.82 Å². The Morgan fingerprint density at radius 1 is 1.05 bits per heavy atom. The summed E-state index contributed by atoms with van der Waals surface area (Å²) in [7, 11) is 1.83. The molecule has 3 aromatic rings. The molecule has 20 heavy (non-hydrogen) atoms. The molecule has 0 unspecified atom stereocenters. The second kappa shape index (κ2) is 5.46. The molecule has 0 bridgehead atoms. The van der Waals surface area contributed by atoms with E-state index >= 15 is 0 Å². The first-order valence-corrected chi connectivity index (χ1v) is 7.53. The van der Waals surface area contributed by atoms with Crippen LogP contribution in [0.1, 0.15) is 0 Å². The van der Waals surface area contributed by atoms with Gasteiger partial charge in [0.05, 0.1) is 9.99 Å². The van der Waals surface area contributed by atoms with Gasteiger partial charge in [-0.15, -0.1) is 0 Å². The molecule has 0 aliphatic carbocycles. The van der Waals surface area contributed by atoms with Crippen LogP contribution in [0.2, 0.25) is 0 Å². The van der Waals surface area contributed by atoms with Gasteiger partial charge in [-0.3, -0.25) is 4.98 Å². The fourth-order valence-electron chi connectivity index (χ4n) is 1.99. The summed E-state index contributed by atoms with van der Waals surface area (Å²) in [6, 6.07) is 7.90. The maximum absolute atomic E-state index is 4.52. The normalized spacial score (nSPS) is 10.8. The van der Waals surface area contributed by atoms with Crippen LogP contribution in [0.3, 0.4) is 0 Å². The van der Waals surface area contributed by atoms with E-state index in [-0.39, 0.29) is 0 Å². The molecule has 2 aromatic heterocycles. The van der Waals surface area contributed by atoms with Crippen molar-refractivity contribution in [3.8, 4) is 11.4 Å². The highest BCUT2D eigenvalue weighted by atomic mass is 79.9. The van der Waals surface area contributed by atoms with Gasteiger partial charge in [-0.2, -0.15) is 0 Å². The smallest absolute Gasteiger partial charge is 0.163 e. The molecule has 2 heterocycles. The minimum atomic E-state index is 0.647. The van der Waals surface area contributed by atoms with Gasteiger partial charge in [0.1, 0.15) is 5.82 Å². The van der Waals surface area contributed by atoms with Crippen LogP contribution < -0.4 is 5.32 Å². The van der Waals surface area contributed by atoms with Crippen LogP contribution in [0.25, 0.3) is 22.3 Å². The summed E-state index contributed by atoms with van der Waals surface area (Å²) in [5.74, 6) is 1.40. The number of aromatic nitrogens is 3. The van der Waals surface area contributed by atoms with Crippen molar-refractivity contribution in [1.82, 2.24) is 15.0 Å². The van der Waals surface area contributed by atoms with E-state index in [0.717, 1.165) is 31.2 Å². The van der Waals surface area contributed by atoms with Crippen LogP contribution in [-0.4, -0.2) is 22.0 Å². The summed E-state index contributed by atoms with van der Waals surface area (Å²) in [5.41, 5.74) is 1.79. The molecule has 0 spiro atoms. The van der Waals surface area contributed by atoms with Crippen molar-refractivity contribution < 1.29 is 0 Å². The third-order valence-electron chi connectivity index (χ3n) is 2.94. The summed E-state index contributed by atoms with van der Waals surface area (Å²) in [4.78, 5) is 13.4. The van der Waals surface area contributed by atoms with Gasteiger partial charge in [0, 0.05) is 34.9 Å². The Morgan fingerprint density at radius 3 is 2.70 bits per heavy atom. The summed E-state index contributed by atoms with van der Waals surface area (Å²) >= 11 is 6.96. The SMILES string of the molecule is CNc1nc(-c2ccc(Br)c3cccnc23)ncc1Br. The highest BCUT2D eigenvalue weighted by Gasteiger charge is 2.11. The first kappa shape index (κ1) is 13.5. The van der Waals surface area contributed by atoms with Crippen LogP contribution in [0.5, 0.6) is 0 Å². The lowest BCUT2D eigenvalue weighted by molar-refractivity contribution is 1.15. The summed E-state index contributed by atoms with van der Waals surface area (Å²) in [6.07, 6.45) is 3.51. The molecule has 0 saturated carbocycles. The number of anilines is 1. The first-order chi connectivity index (χ1) is 9.70. The summed E-state index contributed by atoms with van der Waals surface area (Å²) in [5, 5.41) is 4.08. The topological polar surface area (TPSA) is 50.7 Å². The molecule has 0 aliphatic heterocycles. The molecule has 0 amide bonds. The first-order valence-electron chi connectivity index (χ1n) is 5.94. The number of halogens is 2. The zero-order valence-corrected chi connectivity index (χ0v) is 13.7. The van der Waals surface area contributed by atoms with Gasteiger partial charge < -0.3 is 5.32 Å². The number of nitrogens with one attached hydrogen (secondary N) is 1. The van der Waals surface area contributed by atoms with E-state index in [1.807, 2.05) is 31.3 Å². The van der Waals surface area contributed by atoms with E-state index < -0.39 is 0 Å². The van der Waals surface area contributed by atoms with Crippen molar-refractivity contribution >= 4 is 48.6 Å². The Bertz CT molecular complexity index is 789. The van der Waals surface area contributed by atoms with Gasteiger partial charge >= 0.3 is 0 Å². The Kier molecular flexibility index (Phi) is 3.67. The van der Waals surface area contributed by atoms with Gasteiger partial charge in [-0.05, 0) is 34.1 Å². The van der Waals surface area contributed by atoms with Crippen molar-refractivity contribution in [2.45, 2.75) is 0 Å². The second-order valence-corrected chi connectivity index (χ2v) is 5.84. The average molecular weight is 394 g/mol. The van der Waals surface area contributed by atoms with Crippen LogP contribution >= 0.6 is 31.9 Å².